The first-order valence-electron chi connectivity index (χ1n) is 8.70. The van der Waals surface area contributed by atoms with E-state index in [1.165, 1.54) is 0 Å². The number of nitrogens with two attached hydrogens (primary N) is 1. The first-order chi connectivity index (χ1) is 12.5. The van der Waals surface area contributed by atoms with Crippen molar-refractivity contribution in [1.82, 2.24) is 10.6 Å². The van der Waals surface area contributed by atoms with Crippen molar-refractivity contribution in [2.75, 3.05) is 6.54 Å². The minimum atomic E-state index is -0.539. The summed E-state index contributed by atoms with van der Waals surface area (Å²) in [4.78, 5) is 22.5. The van der Waals surface area contributed by atoms with Gasteiger partial charge in [0.05, 0.1) is 6.04 Å². The molecule has 0 aliphatic carbocycles. The summed E-state index contributed by atoms with van der Waals surface area (Å²) in [6.07, 6.45) is 1.83. The molecule has 0 spiro atoms. The summed E-state index contributed by atoms with van der Waals surface area (Å²) in [5.74, 6) is 1.52. The van der Waals surface area contributed by atoms with Gasteiger partial charge in [-0.15, -0.1) is 0 Å². The van der Waals surface area contributed by atoms with E-state index < -0.39 is 6.03 Å². The second-order valence-corrected chi connectivity index (χ2v) is 6.02. The molecule has 0 saturated carbocycles. The van der Waals surface area contributed by atoms with Crippen LogP contribution in [0.2, 0.25) is 0 Å². The third-order valence-electron chi connectivity index (χ3n) is 3.87. The number of benzene rings is 2. The zero-order valence-corrected chi connectivity index (χ0v) is 14.9. The van der Waals surface area contributed by atoms with Gasteiger partial charge in [0.15, 0.2) is 0 Å². The number of hydrogen-bond donors (Lipinski definition) is 3. The number of ether oxygens (including phenoxy) is 1. The molecule has 2 rings (SSSR count). The van der Waals surface area contributed by atoms with Crippen molar-refractivity contribution >= 4 is 11.9 Å². The first kappa shape index (κ1) is 19.3. The standard InChI is InChI=1S/C20H25N3O3/c1-15(23-19(24)9-5-6-14-22-20(21)25)16-10-12-18(13-11-16)26-17-7-3-2-4-8-17/h2-4,7-8,10-13,15H,5-6,9,14H2,1H3,(H,23,24)(H3,21,22,25). The van der Waals surface area contributed by atoms with Gasteiger partial charge in [-0.05, 0) is 49.6 Å². The van der Waals surface area contributed by atoms with E-state index in [0.29, 0.717) is 19.4 Å². The summed E-state index contributed by atoms with van der Waals surface area (Å²) in [7, 11) is 0. The van der Waals surface area contributed by atoms with E-state index in [2.05, 4.69) is 10.6 Å². The minimum absolute atomic E-state index is 0.0128. The second kappa shape index (κ2) is 10.1. The van der Waals surface area contributed by atoms with E-state index in [-0.39, 0.29) is 11.9 Å². The molecule has 0 aliphatic rings. The Labute approximate surface area is 153 Å². The predicted molar refractivity (Wildman–Crippen MR) is 101 cm³/mol. The van der Waals surface area contributed by atoms with E-state index >= 15 is 0 Å². The van der Waals surface area contributed by atoms with Crippen LogP contribution in [0.15, 0.2) is 54.6 Å². The number of hydrogen-bond acceptors (Lipinski definition) is 3. The number of unbranched alkanes of at least 4 members (excludes halogenated alkanes) is 1. The van der Waals surface area contributed by atoms with Gasteiger partial charge in [-0.1, -0.05) is 30.3 Å². The summed E-state index contributed by atoms with van der Waals surface area (Å²) >= 11 is 0. The van der Waals surface area contributed by atoms with E-state index in [9.17, 15) is 9.59 Å². The van der Waals surface area contributed by atoms with Crippen LogP contribution in [-0.2, 0) is 4.79 Å². The quantitative estimate of drug-likeness (QED) is 0.601. The van der Waals surface area contributed by atoms with Gasteiger partial charge in [0.2, 0.25) is 5.91 Å². The fourth-order valence-corrected chi connectivity index (χ4v) is 2.47. The number of para-hydroxylation sites is 1. The molecule has 2 aromatic rings. The van der Waals surface area contributed by atoms with Gasteiger partial charge in [0.1, 0.15) is 11.5 Å². The van der Waals surface area contributed by atoms with E-state index in [1.807, 2.05) is 61.5 Å². The van der Waals surface area contributed by atoms with Crippen LogP contribution in [0.1, 0.15) is 37.8 Å². The average Bonchev–Trinajstić information content (AvgIpc) is 2.62. The molecule has 3 amide bonds. The Hall–Kier alpha value is -3.02. The monoisotopic (exact) mass is 355 g/mol. The number of amides is 3. The van der Waals surface area contributed by atoms with Crippen LogP contribution < -0.4 is 21.1 Å². The molecule has 2 aromatic carbocycles. The summed E-state index contributed by atoms with van der Waals surface area (Å²) in [6.45, 7) is 2.43. The fourth-order valence-electron chi connectivity index (χ4n) is 2.47. The Balaban J connectivity index is 1.75. The number of carbonyl (C=O) groups is 2. The van der Waals surface area contributed by atoms with Gasteiger partial charge in [-0.25, -0.2) is 4.79 Å². The summed E-state index contributed by atoms with van der Waals surface area (Å²) in [5, 5.41) is 5.48. The van der Waals surface area contributed by atoms with Crippen molar-refractivity contribution in [1.29, 1.82) is 0 Å². The van der Waals surface area contributed by atoms with Crippen molar-refractivity contribution in [2.45, 2.75) is 32.2 Å². The van der Waals surface area contributed by atoms with Crippen LogP contribution in [0.4, 0.5) is 4.79 Å². The molecule has 1 unspecified atom stereocenters. The Morgan fingerprint density at radius 2 is 1.65 bits per heavy atom. The maximum atomic E-state index is 12.0. The highest BCUT2D eigenvalue weighted by Crippen LogP contribution is 2.23. The minimum Gasteiger partial charge on any atom is -0.457 e. The Morgan fingerprint density at radius 1 is 1.00 bits per heavy atom. The average molecular weight is 355 g/mol. The highest BCUT2D eigenvalue weighted by Gasteiger charge is 2.09. The van der Waals surface area contributed by atoms with Gasteiger partial charge in [-0.2, -0.15) is 0 Å². The lowest BCUT2D eigenvalue weighted by Gasteiger charge is -2.15. The number of rotatable bonds is 9. The second-order valence-electron chi connectivity index (χ2n) is 6.02. The van der Waals surface area contributed by atoms with Crippen LogP contribution in [0, 0.1) is 0 Å². The Morgan fingerprint density at radius 3 is 2.31 bits per heavy atom. The molecule has 4 N–H and O–H groups in total. The molecule has 0 aliphatic heterocycles. The van der Waals surface area contributed by atoms with Crippen molar-refractivity contribution in [2.24, 2.45) is 5.73 Å². The number of carbonyl (C=O) groups excluding carboxylic acids is 2. The molecule has 0 fully saturated rings. The molecule has 0 aromatic heterocycles. The van der Waals surface area contributed by atoms with Gasteiger partial charge in [0, 0.05) is 13.0 Å². The lowest BCUT2D eigenvalue weighted by atomic mass is 10.1. The summed E-state index contributed by atoms with van der Waals surface area (Å²) < 4.78 is 5.76. The molecule has 6 heteroatoms. The van der Waals surface area contributed by atoms with Gasteiger partial charge >= 0.3 is 6.03 Å². The molecule has 0 bridgehead atoms. The van der Waals surface area contributed by atoms with Crippen molar-refractivity contribution < 1.29 is 14.3 Å². The van der Waals surface area contributed by atoms with Crippen LogP contribution in [0.3, 0.4) is 0 Å². The SMILES string of the molecule is CC(NC(=O)CCCCNC(N)=O)c1ccc(Oc2ccccc2)cc1. The van der Waals surface area contributed by atoms with Crippen LogP contribution in [0.5, 0.6) is 11.5 Å². The Kier molecular flexibility index (Phi) is 7.49. The molecule has 138 valence electrons. The maximum absolute atomic E-state index is 12.0. The van der Waals surface area contributed by atoms with Crippen LogP contribution in [0.25, 0.3) is 0 Å². The topological polar surface area (TPSA) is 93.5 Å². The summed E-state index contributed by atoms with van der Waals surface area (Å²) in [5.41, 5.74) is 5.99. The Bertz CT molecular complexity index is 702. The fraction of sp³-hybridized carbons (Fsp3) is 0.300. The third-order valence-corrected chi connectivity index (χ3v) is 3.87. The van der Waals surface area contributed by atoms with Gasteiger partial charge < -0.3 is 21.1 Å². The molecule has 0 saturated heterocycles. The van der Waals surface area contributed by atoms with Gasteiger partial charge in [0.25, 0.3) is 0 Å². The number of urea groups is 1. The zero-order chi connectivity index (χ0) is 18.8. The van der Waals surface area contributed by atoms with Crippen molar-refractivity contribution in [3.05, 3.63) is 60.2 Å². The molecular weight excluding hydrogens is 330 g/mol. The van der Waals surface area contributed by atoms with E-state index in [0.717, 1.165) is 23.5 Å². The molecule has 6 nitrogen and oxygen atoms in total. The zero-order valence-electron chi connectivity index (χ0n) is 14.9. The molecule has 0 radical (unpaired) electrons. The maximum Gasteiger partial charge on any atom is 0.312 e. The largest absolute Gasteiger partial charge is 0.457 e. The summed E-state index contributed by atoms with van der Waals surface area (Å²) in [6, 6.07) is 16.6. The third kappa shape index (κ3) is 6.84. The smallest absolute Gasteiger partial charge is 0.312 e. The lowest BCUT2D eigenvalue weighted by Crippen LogP contribution is -2.30. The normalized spacial score (nSPS) is 11.4. The molecule has 26 heavy (non-hydrogen) atoms. The highest BCUT2D eigenvalue weighted by molar-refractivity contribution is 5.76. The van der Waals surface area contributed by atoms with Crippen LogP contribution >= 0.6 is 0 Å². The predicted octanol–water partition coefficient (Wildman–Crippen LogP) is 3.49. The first-order valence-corrected chi connectivity index (χ1v) is 8.70. The highest BCUT2D eigenvalue weighted by atomic mass is 16.5. The number of primary amides is 1. The number of nitrogens with one attached hydrogen (secondary N) is 2. The molecule has 1 atom stereocenters. The van der Waals surface area contributed by atoms with Crippen molar-refractivity contribution in [3.63, 3.8) is 0 Å². The van der Waals surface area contributed by atoms with Crippen molar-refractivity contribution in [3.8, 4) is 11.5 Å². The van der Waals surface area contributed by atoms with E-state index in [4.69, 9.17) is 10.5 Å². The van der Waals surface area contributed by atoms with E-state index in [1.54, 1.807) is 0 Å². The molecule has 0 heterocycles. The lowest BCUT2D eigenvalue weighted by molar-refractivity contribution is -0.121. The molecular formula is C20H25N3O3. The van der Waals surface area contributed by atoms with Crippen LogP contribution in [-0.4, -0.2) is 18.5 Å². The van der Waals surface area contributed by atoms with Gasteiger partial charge in [-0.3, -0.25) is 4.79 Å².